The molecule has 0 bridgehead atoms. The van der Waals surface area contributed by atoms with Crippen LogP contribution in [0.25, 0.3) is 0 Å². The van der Waals surface area contributed by atoms with Crippen LogP contribution in [0.1, 0.15) is 20.3 Å². The molecule has 0 fully saturated rings. The average molecular weight is 355 g/mol. The first-order chi connectivity index (χ1) is 8.39. The van der Waals surface area contributed by atoms with Crippen LogP contribution in [0.3, 0.4) is 0 Å². The van der Waals surface area contributed by atoms with Gasteiger partial charge in [-0.3, -0.25) is 0 Å². The van der Waals surface area contributed by atoms with Gasteiger partial charge in [0, 0.05) is 22.9 Å². The zero-order valence-electron chi connectivity index (χ0n) is 10.4. The van der Waals surface area contributed by atoms with Crippen molar-refractivity contribution in [1.82, 2.24) is 4.31 Å². The van der Waals surface area contributed by atoms with Crippen LogP contribution >= 0.6 is 27.5 Å². The Kier molecular flexibility index (Phi) is 6.11. The van der Waals surface area contributed by atoms with Crippen molar-refractivity contribution in [1.29, 1.82) is 0 Å². The molecular weight excluding hydrogens is 338 g/mol. The highest BCUT2D eigenvalue weighted by Gasteiger charge is 2.26. The third-order valence-corrected chi connectivity index (χ3v) is 5.32. The maximum absolute atomic E-state index is 12.5. The summed E-state index contributed by atoms with van der Waals surface area (Å²) in [5.41, 5.74) is 0. The number of hydrogen-bond donors (Lipinski definition) is 0. The van der Waals surface area contributed by atoms with Crippen LogP contribution < -0.4 is 0 Å². The smallest absolute Gasteiger partial charge is 0.207 e. The molecule has 0 N–H and O–H groups in total. The average Bonchev–Trinajstić information content (AvgIpc) is 2.28. The Labute approximate surface area is 122 Å². The Morgan fingerprint density at radius 3 is 2.56 bits per heavy atom. The van der Waals surface area contributed by atoms with Gasteiger partial charge >= 0.3 is 0 Å². The van der Waals surface area contributed by atoms with Crippen molar-refractivity contribution < 1.29 is 8.42 Å². The van der Waals surface area contributed by atoms with E-state index >= 15 is 0 Å². The van der Waals surface area contributed by atoms with Crippen LogP contribution in [0, 0.1) is 0 Å². The fraction of sp³-hybridized carbons (Fsp3) is 0.500. The van der Waals surface area contributed by atoms with Crippen molar-refractivity contribution in [2.45, 2.75) is 31.2 Å². The number of benzene rings is 1. The van der Waals surface area contributed by atoms with Crippen molar-refractivity contribution in [3.05, 3.63) is 28.7 Å². The molecule has 0 spiro atoms. The van der Waals surface area contributed by atoms with Crippen molar-refractivity contribution in [3.63, 3.8) is 0 Å². The third kappa shape index (κ3) is 3.95. The molecule has 1 rings (SSSR count). The van der Waals surface area contributed by atoms with Gasteiger partial charge in [0.25, 0.3) is 0 Å². The molecule has 1 aromatic carbocycles. The molecule has 102 valence electrons. The van der Waals surface area contributed by atoms with E-state index in [4.69, 9.17) is 11.6 Å². The Morgan fingerprint density at radius 2 is 2.06 bits per heavy atom. The SMILES string of the molecule is CC(C)N(CCCCl)S(=O)(=O)c1cccc(Br)c1. The standard InChI is InChI=1S/C12H17BrClNO2S/c1-10(2)15(8-4-7-14)18(16,17)12-6-3-5-11(13)9-12/h3,5-6,9-10H,4,7-8H2,1-2H3. The molecule has 0 aliphatic carbocycles. The van der Waals surface area contributed by atoms with E-state index in [0.29, 0.717) is 23.7 Å². The summed E-state index contributed by atoms with van der Waals surface area (Å²) in [5.74, 6) is 0.456. The lowest BCUT2D eigenvalue weighted by molar-refractivity contribution is 0.354. The molecule has 6 heteroatoms. The maximum atomic E-state index is 12.5. The Hall–Kier alpha value is -0.100. The van der Waals surface area contributed by atoms with Gasteiger partial charge in [-0.05, 0) is 38.5 Å². The molecule has 3 nitrogen and oxygen atoms in total. The minimum absolute atomic E-state index is 0.0859. The molecule has 0 heterocycles. The number of sulfonamides is 1. The molecule has 0 atom stereocenters. The van der Waals surface area contributed by atoms with Gasteiger partial charge in [-0.15, -0.1) is 11.6 Å². The van der Waals surface area contributed by atoms with E-state index in [1.165, 1.54) is 4.31 Å². The summed E-state index contributed by atoms with van der Waals surface area (Å²) in [7, 11) is -3.45. The molecule has 0 amide bonds. The quantitative estimate of drug-likeness (QED) is 0.733. The van der Waals surface area contributed by atoms with Gasteiger partial charge in [0.15, 0.2) is 0 Å². The second-order valence-corrected chi connectivity index (χ2v) is 7.39. The highest BCUT2D eigenvalue weighted by molar-refractivity contribution is 9.10. The highest BCUT2D eigenvalue weighted by Crippen LogP contribution is 2.21. The van der Waals surface area contributed by atoms with Gasteiger partial charge in [-0.25, -0.2) is 8.42 Å². The molecule has 0 radical (unpaired) electrons. The van der Waals surface area contributed by atoms with Gasteiger partial charge in [-0.2, -0.15) is 4.31 Å². The van der Waals surface area contributed by atoms with E-state index in [1.54, 1.807) is 24.3 Å². The summed E-state index contributed by atoms with van der Waals surface area (Å²) < 4.78 is 27.2. The summed E-state index contributed by atoms with van der Waals surface area (Å²) in [6.07, 6.45) is 0.646. The fourth-order valence-corrected chi connectivity index (χ4v) is 4.03. The van der Waals surface area contributed by atoms with Crippen LogP contribution in [0.15, 0.2) is 33.6 Å². The number of hydrogen-bond acceptors (Lipinski definition) is 2. The highest BCUT2D eigenvalue weighted by atomic mass is 79.9. The zero-order valence-corrected chi connectivity index (χ0v) is 13.6. The van der Waals surface area contributed by atoms with Crippen molar-refractivity contribution >= 4 is 37.6 Å². The summed E-state index contributed by atoms with van der Waals surface area (Å²) in [5, 5.41) is 0. The van der Waals surface area contributed by atoms with Crippen LogP contribution in [0.4, 0.5) is 0 Å². The first kappa shape index (κ1) is 16.0. The topological polar surface area (TPSA) is 37.4 Å². The second kappa shape index (κ2) is 6.89. The monoisotopic (exact) mass is 353 g/mol. The van der Waals surface area contributed by atoms with Crippen LogP contribution in [0.2, 0.25) is 0 Å². The summed E-state index contributed by atoms with van der Waals surface area (Å²) in [4.78, 5) is 0.306. The zero-order chi connectivity index (χ0) is 13.8. The largest absolute Gasteiger partial charge is 0.243 e. The first-order valence-electron chi connectivity index (χ1n) is 5.73. The van der Waals surface area contributed by atoms with E-state index in [0.717, 1.165) is 4.47 Å². The van der Waals surface area contributed by atoms with Crippen LogP contribution in [0.5, 0.6) is 0 Å². The van der Waals surface area contributed by atoms with E-state index in [9.17, 15) is 8.42 Å². The van der Waals surface area contributed by atoms with Crippen molar-refractivity contribution in [3.8, 4) is 0 Å². The normalized spacial score (nSPS) is 12.3. The molecule has 0 unspecified atom stereocenters. The molecular formula is C12H17BrClNO2S. The molecule has 18 heavy (non-hydrogen) atoms. The summed E-state index contributed by atoms with van der Waals surface area (Å²) in [6.45, 7) is 4.17. The molecule has 0 aliphatic rings. The molecule has 0 aliphatic heterocycles. The Bertz CT molecular complexity index is 491. The van der Waals surface area contributed by atoms with E-state index in [-0.39, 0.29) is 6.04 Å². The van der Waals surface area contributed by atoms with Crippen molar-refractivity contribution in [2.24, 2.45) is 0 Å². The van der Waals surface area contributed by atoms with Gasteiger partial charge in [0.1, 0.15) is 0 Å². The summed E-state index contributed by atoms with van der Waals surface area (Å²) >= 11 is 8.93. The van der Waals surface area contributed by atoms with Crippen molar-refractivity contribution in [2.75, 3.05) is 12.4 Å². The first-order valence-corrected chi connectivity index (χ1v) is 8.49. The van der Waals surface area contributed by atoms with Gasteiger partial charge < -0.3 is 0 Å². The molecule has 0 saturated heterocycles. The maximum Gasteiger partial charge on any atom is 0.243 e. The van der Waals surface area contributed by atoms with E-state index < -0.39 is 10.0 Å². The number of alkyl halides is 1. The molecule has 0 saturated carbocycles. The second-order valence-electron chi connectivity index (χ2n) is 4.21. The van der Waals surface area contributed by atoms with E-state index in [1.807, 2.05) is 13.8 Å². The lowest BCUT2D eigenvalue weighted by Crippen LogP contribution is -2.37. The summed E-state index contributed by atoms with van der Waals surface area (Å²) in [6, 6.07) is 6.66. The van der Waals surface area contributed by atoms with Gasteiger partial charge in [0.05, 0.1) is 4.90 Å². The lowest BCUT2D eigenvalue weighted by Gasteiger charge is -2.25. The number of halogens is 2. The minimum atomic E-state index is -3.45. The number of rotatable bonds is 6. The van der Waals surface area contributed by atoms with Gasteiger partial charge in [-0.1, -0.05) is 22.0 Å². The lowest BCUT2D eigenvalue weighted by atomic mass is 10.3. The van der Waals surface area contributed by atoms with Crippen LogP contribution in [-0.4, -0.2) is 31.2 Å². The third-order valence-electron chi connectivity index (χ3n) is 2.49. The predicted molar refractivity (Wildman–Crippen MR) is 78.5 cm³/mol. The molecule has 0 aromatic heterocycles. The number of nitrogens with zero attached hydrogens (tertiary/aromatic N) is 1. The Balaban J connectivity index is 3.09. The Morgan fingerprint density at radius 1 is 1.39 bits per heavy atom. The van der Waals surface area contributed by atoms with E-state index in [2.05, 4.69) is 15.9 Å². The fourth-order valence-electron chi connectivity index (χ4n) is 1.63. The van der Waals surface area contributed by atoms with Crippen LogP contribution in [-0.2, 0) is 10.0 Å². The van der Waals surface area contributed by atoms with Gasteiger partial charge in [0.2, 0.25) is 10.0 Å². The predicted octanol–water partition coefficient (Wildman–Crippen LogP) is 3.48. The minimum Gasteiger partial charge on any atom is -0.207 e. The molecule has 1 aromatic rings.